The molecule has 1 aromatic carbocycles. The summed E-state index contributed by atoms with van der Waals surface area (Å²) in [6, 6.07) is 10.6. The molecule has 0 aliphatic carbocycles. The molecule has 6 heteroatoms. The van der Waals surface area contributed by atoms with Gasteiger partial charge in [0, 0.05) is 14.1 Å². The quantitative estimate of drug-likeness (QED) is 0.938. The molecule has 1 aromatic heterocycles. The van der Waals surface area contributed by atoms with Crippen molar-refractivity contribution in [1.82, 2.24) is 0 Å². The van der Waals surface area contributed by atoms with Crippen LogP contribution in [0.2, 0.25) is 0 Å². The van der Waals surface area contributed by atoms with Gasteiger partial charge in [0.1, 0.15) is 4.21 Å². The van der Waals surface area contributed by atoms with Crippen LogP contribution in [-0.2, 0) is 10.0 Å². The molecule has 0 radical (unpaired) electrons. The van der Waals surface area contributed by atoms with Crippen molar-refractivity contribution in [1.29, 1.82) is 0 Å². The second kappa shape index (κ2) is 4.99. The van der Waals surface area contributed by atoms with E-state index in [1.54, 1.807) is 29.6 Å². The van der Waals surface area contributed by atoms with Gasteiger partial charge in [0.15, 0.2) is 0 Å². The second-order valence-electron chi connectivity index (χ2n) is 3.95. The molecule has 1 heterocycles. The Balaban J connectivity index is 2.36. The van der Waals surface area contributed by atoms with Crippen LogP contribution in [0.15, 0.2) is 46.0 Å². The topological polar surface area (TPSA) is 49.4 Å². The molecule has 4 nitrogen and oxygen atoms in total. The molecular weight excluding hydrogens is 268 g/mol. The van der Waals surface area contributed by atoms with Crippen LogP contribution in [0.1, 0.15) is 0 Å². The highest BCUT2D eigenvalue weighted by molar-refractivity contribution is 7.94. The molecule has 0 aliphatic rings. The summed E-state index contributed by atoms with van der Waals surface area (Å²) in [7, 11) is 0.262. The molecule has 2 rings (SSSR count). The van der Waals surface area contributed by atoms with Crippen molar-refractivity contribution in [2.45, 2.75) is 4.21 Å². The van der Waals surface area contributed by atoms with Crippen LogP contribution in [0.3, 0.4) is 0 Å². The minimum Gasteiger partial charge on any atom is -0.376 e. The summed E-state index contributed by atoms with van der Waals surface area (Å²) in [5, 5.41) is 1.74. The molecule has 0 unspecified atom stereocenters. The van der Waals surface area contributed by atoms with Crippen molar-refractivity contribution in [3.63, 3.8) is 0 Å². The Morgan fingerprint density at radius 3 is 2.44 bits per heavy atom. The van der Waals surface area contributed by atoms with Gasteiger partial charge >= 0.3 is 0 Å². The van der Waals surface area contributed by atoms with Crippen molar-refractivity contribution in [3.8, 4) is 0 Å². The number of hydrogen-bond acceptors (Lipinski definition) is 4. The minimum absolute atomic E-state index is 0.316. The van der Waals surface area contributed by atoms with Crippen LogP contribution in [0.25, 0.3) is 0 Å². The number of thiophene rings is 1. The van der Waals surface area contributed by atoms with Crippen LogP contribution < -0.4 is 9.62 Å². The van der Waals surface area contributed by atoms with E-state index in [9.17, 15) is 8.42 Å². The highest BCUT2D eigenvalue weighted by Crippen LogP contribution is 2.27. The third-order valence-electron chi connectivity index (χ3n) is 2.39. The van der Waals surface area contributed by atoms with Gasteiger partial charge in [-0.3, -0.25) is 4.72 Å². The monoisotopic (exact) mass is 282 g/mol. The van der Waals surface area contributed by atoms with E-state index in [4.69, 9.17) is 0 Å². The Hall–Kier alpha value is -1.53. The molecule has 0 aliphatic heterocycles. The van der Waals surface area contributed by atoms with Crippen molar-refractivity contribution >= 4 is 32.7 Å². The van der Waals surface area contributed by atoms with Gasteiger partial charge in [-0.1, -0.05) is 18.2 Å². The Kier molecular flexibility index (Phi) is 3.58. The number of nitrogens with zero attached hydrogens (tertiary/aromatic N) is 1. The first-order valence-electron chi connectivity index (χ1n) is 5.33. The number of rotatable bonds is 4. The van der Waals surface area contributed by atoms with Crippen LogP contribution >= 0.6 is 11.3 Å². The number of para-hydroxylation sites is 2. The molecule has 0 saturated heterocycles. The van der Waals surface area contributed by atoms with E-state index in [2.05, 4.69) is 4.72 Å². The average Bonchev–Trinajstić information content (AvgIpc) is 2.83. The van der Waals surface area contributed by atoms with Gasteiger partial charge in [-0.05, 0) is 23.6 Å². The number of hydrogen-bond donors (Lipinski definition) is 1. The van der Waals surface area contributed by atoms with Gasteiger partial charge in [0.25, 0.3) is 10.0 Å². The minimum atomic E-state index is -3.48. The van der Waals surface area contributed by atoms with Gasteiger partial charge < -0.3 is 4.90 Å². The van der Waals surface area contributed by atoms with Gasteiger partial charge in [0.2, 0.25) is 0 Å². The molecular formula is C12H14N2O2S2. The molecule has 1 N–H and O–H groups in total. The summed E-state index contributed by atoms with van der Waals surface area (Å²) < 4.78 is 27.2. The third-order valence-corrected chi connectivity index (χ3v) is 5.15. The molecule has 0 bridgehead atoms. The Morgan fingerprint density at radius 2 is 1.83 bits per heavy atom. The van der Waals surface area contributed by atoms with E-state index in [1.165, 1.54) is 11.3 Å². The summed E-state index contributed by atoms with van der Waals surface area (Å²) in [5.41, 5.74) is 1.41. The van der Waals surface area contributed by atoms with Gasteiger partial charge in [-0.15, -0.1) is 11.3 Å². The zero-order valence-electron chi connectivity index (χ0n) is 10.1. The number of sulfonamides is 1. The standard InChI is InChI=1S/C12H14N2O2S2/c1-14(2)11-7-4-3-6-10(11)13-18(15,16)12-8-5-9-17-12/h3-9,13H,1-2H3. The molecule has 0 saturated carbocycles. The van der Waals surface area contributed by atoms with E-state index < -0.39 is 10.0 Å². The molecule has 0 amide bonds. The predicted octanol–water partition coefficient (Wildman–Crippen LogP) is 2.61. The number of benzene rings is 1. The molecule has 0 fully saturated rings. The SMILES string of the molecule is CN(C)c1ccccc1NS(=O)(=O)c1cccs1. The van der Waals surface area contributed by atoms with Crippen molar-refractivity contribution < 1.29 is 8.42 Å². The Morgan fingerprint density at radius 1 is 1.11 bits per heavy atom. The largest absolute Gasteiger partial charge is 0.376 e. The zero-order chi connectivity index (χ0) is 13.2. The molecule has 2 aromatic rings. The van der Waals surface area contributed by atoms with E-state index in [0.717, 1.165) is 5.69 Å². The maximum Gasteiger partial charge on any atom is 0.271 e. The molecule has 0 atom stereocenters. The highest BCUT2D eigenvalue weighted by atomic mass is 32.2. The first kappa shape index (κ1) is 12.9. The molecule has 96 valence electrons. The summed E-state index contributed by atoms with van der Waals surface area (Å²) in [4.78, 5) is 1.87. The second-order valence-corrected chi connectivity index (χ2v) is 6.81. The first-order valence-corrected chi connectivity index (χ1v) is 7.69. The lowest BCUT2D eigenvalue weighted by atomic mass is 10.2. The maximum atomic E-state index is 12.1. The Bertz CT molecular complexity index is 619. The van der Waals surface area contributed by atoms with Crippen LogP contribution in [0.5, 0.6) is 0 Å². The molecule has 0 spiro atoms. The van der Waals surface area contributed by atoms with Crippen LogP contribution in [0, 0.1) is 0 Å². The lowest BCUT2D eigenvalue weighted by Crippen LogP contribution is -2.16. The third kappa shape index (κ3) is 2.65. The predicted molar refractivity (Wildman–Crippen MR) is 75.9 cm³/mol. The van der Waals surface area contributed by atoms with E-state index in [-0.39, 0.29) is 0 Å². The smallest absolute Gasteiger partial charge is 0.271 e. The van der Waals surface area contributed by atoms with Crippen LogP contribution in [-0.4, -0.2) is 22.5 Å². The van der Waals surface area contributed by atoms with E-state index in [0.29, 0.717) is 9.90 Å². The van der Waals surface area contributed by atoms with E-state index >= 15 is 0 Å². The lowest BCUT2D eigenvalue weighted by molar-refractivity contribution is 0.603. The van der Waals surface area contributed by atoms with Crippen molar-refractivity contribution in [2.75, 3.05) is 23.7 Å². The van der Waals surface area contributed by atoms with Crippen LogP contribution in [0.4, 0.5) is 11.4 Å². The van der Waals surface area contributed by atoms with Gasteiger partial charge in [-0.25, -0.2) is 8.42 Å². The zero-order valence-corrected chi connectivity index (χ0v) is 11.8. The highest BCUT2D eigenvalue weighted by Gasteiger charge is 2.17. The fourth-order valence-electron chi connectivity index (χ4n) is 1.56. The lowest BCUT2D eigenvalue weighted by Gasteiger charge is -2.17. The first-order chi connectivity index (χ1) is 8.50. The average molecular weight is 282 g/mol. The van der Waals surface area contributed by atoms with Gasteiger partial charge in [0.05, 0.1) is 11.4 Å². The molecule has 18 heavy (non-hydrogen) atoms. The summed E-state index contributed by atoms with van der Waals surface area (Å²) in [6.07, 6.45) is 0. The number of nitrogens with one attached hydrogen (secondary N) is 1. The summed E-state index contributed by atoms with van der Waals surface area (Å²) in [6.45, 7) is 0. The Labute approximate surface area is 111 Å². The van der Waals surface area contributed by atoms with Gasteiger partial charge in [-0.2, -0.15) is 0 Å². The maximum absolute atomic E-state index is 12.1. The number of anilines is 2. The fourth-order valence-corrected chi connectivity index (χ4v) is 3.63. The van der Waals surface area contributed by atoms with Crippen molar-refractivity contribution in [2.24, 2.45) is 0 Å². The van der Waals surface area contributed by atoms with Crippen molar-refractivity contribution in [3.05, 3.63) is 41.8 Å². The summed E-state index contributed by atoms with van der Waals surface area (Å²) >= 11 is 1.20. The van der Waals surface area contributed by atoms with E-state index in [1.807, 2.05) is 31.1 Å². The fraction of sp³-hybridized carbons (Fsp3) is 0.167. The normalized spacial score (nSPS) is 11.2. The summed E-state index contributed by atoms with van der Waals surface area (Å²) in [5.74, 6) is 0.